The number of benzene rings is 1. The first-order valence-corrected chi connectivity index (χ1v) is 7.37. The van der Waals surface area contributed by atoms with Crippen molar-refractivity contribution in [3.05, 3.63) is 35.1 Å². The van der Waals surface area contributed by atoms with Crippen LogP contribution in [0.1, 0.15) is 36.8 Å². The lowest BCUT2D eigenvalue weighted by atomic mass is 9.93. The summed E-state index contributed by atoms with van der Waals surface area (Å²) in [5.74, 6) is 0.562. The fourth-order valence-corrected chi connectivity index (χ4v) is 2.61. The van der Waals surface area contributed by atoms with Crippen molar-refractivity contribution >= 4 is 5.91 Å². The Morgan fingerprint density at radius 3 is 2.85 bits per heavy atom. The molecule has 0 aromatic heterocycles. The van der Waals surface area contributed by atoms with E-state index in [4.69, 9.17) is 0 Å². The Kier molecular flexibility index (Phi) is 5.53. The number of piperidine rings is 1. The van der Waals surface area contributed by atoms with Crippen LogP contribution in [0.3, 0.4) is 0 Å². The van der Waals surface area contributed by atoms with Crippen LogP contribution in [0.5, 0.6) is 0 Å². The molecule has 0 aliphatic carbocycles. The van der Waals surface area contributed by atoms with Crippen LogP contribution in [0.2, 0.25) is 0 Å². The molecule has 1 aromatic carbocycles. The molecule has 2 N–H and O–H groups in total. The van der Waals surface area contributed by atoms with Crippen LogP contribution >= 0.6 is 0 Å². The molecule has 110 valence electrons. The second kappa shape index (κ2) is 7.39. The van der Waals surface area contributed by atoms with Crippen molar-refractivity contribution in [2.24, 2.45) is 5.92 Å². The van der Waals surface area contributed by atoms with E-state index in [2.05, 4.69) is 10.6 Å². The Morgan fingerprint density at radius 2 is 2.15 bits per heavy atom. The summed E-state index contributed by atoms with van der Waals surface area (Å²) in [5.41, 5.74) is 1.56. The van der Waals surface area contributed by atoms with Gasteiger partial charge in [0.2, 0.25) is 5.91 Å². The fourth-order valence-electron chi connectivity index (χ4n) is 2.61. The molecule has 20 heavy (non-hydrogen) atoms. The molecule has 1 amide bonds. The Bertz CT molecular complexity index is 456. The largest absolute Gasteiger partial charge is 0.352 e. The summed E-state index contributed by atoms with van der Waals surface area (Å²) in [7, 11) is 0. The molecular weight excluding hydrogens is 255 g/mol. The van der Waals surface area contributed by atoms with Gasteiger partial charge in [-0.15, -0.1) is 0 Å². The molecule has 2 rings (SSSR count). The average molecular weight is 278 g/mol. The van der Waals surface area contributed by atoms with E-state index >= 15 is 0 Å². The fraction of sp³-hybridized carbons (Fsp3) is 0.562. The van der Waals surface area contributed by atoms with Crippen molar-refractivity contribution in [1.29, 1.82) is 0 Å². The highest BCUT2D eigenvalue weighted by Crippen LogP contribution is 2.17. The number of hydrogen-bond donors (Lipinski definition) is 2. The summed E-state index contributed by atoms with van der Waals surface area (Å²) in [6.45, 7) is 4.35. The van der Waals surface area contributed by atoms with Crippen molar-refractivity contribution in [3.63, 3.8) is 0 Å². The zero-order chi connectivity index (χ0) is 14.4. The van der Waals surface area contributed by atoms with Crippen molar-refractivity contribution < 1.29 is 9.18 Å². The molecule has 0 unspecified atom stereocenters. The Labute approximate surface area is 120 Å². The lowest BCUT2D eigenvalue weighted by Gasteiger charge is -2.22. The van der Waals surface area contributed by atoms with Crippen LogP contribution in [-0.4, -0.2) is 19.0 Å². The predicted molar refractivity (Wildman–Crippen MR) is 77.8 cm³/mol. The third-order valence-electron chi connectivity index (χ3n) is 3.95. The van der Waals surface area contributed by atoms with E-state index in [1.807, 2.05) is 0 Å². The lowest BCUT2D eigenvalue weighted by molar-refractivity contribution is -0.121. The van der Waals surface area contributed by atoms with Gasteiger partial charge in [-0.2, -0.15) is 0 Å². The molecule has 0 saturated carbocycles. The van der Waals surface area contributed by atoms with Crippen LogP contribution in [0, 0.1) is 18.7 Å². The minimum absolute atomic E-state index is 0.0884. The average Bonchev–Trinajstić information content (AvgIpc) is 2.47. The van der Waals surface area contributed by atoms with E-state index in [0.717, 1.165) is 25.1 Å². The molecule has 0 spiro atoms. The van der Waals surface area contributed by atoms with E-state index in [0.29, 0.717) is 24.4 Å². The minimum Gasteiger partial charge on any atom is -0.352 e. The third kappa shape index (κ3) is 4.60. The van der Waals surface area contributed by atoms with Gasteiger partial charge in [0.25, 0.3) is 0 Å². The summed E-state index contributed by atoms with van der Waals surface area (Å²) in [6.07, 6.45) is 3.90. The van der Waals surface area contributed by atoms with Gasteiger partial charge in [-0.25, -0.2) is 4.39 Å². The third-order valence-corrected chi connectivity index (χ3v) is 3.95. The van der Waals surface area contributed by atoms with Crippen LogP contribution in [0.15, 0.2) is 18.2 Å². The van der Waals surface area contributed by atoms with E-state index < -0.39 is 0 Å². The SMILES string of the molecule is Cc1cc(CNC(=O)CCC2CCNCC2)ccc1F. The first-order valence-electron chi connectivity index (χ1n) is 7.37. The normalized spacial score (nSPS) is 16.1. The highest BCUT2D eigenvalue weighted by atomic mass is 19.1. The number of amides is 1. The molecule has 1 aliphatic rings. The molecular formula is C16H23FN2O. The minimum atomic E-state index is -0.203. The van der Waals surface area contributed by atoms with E-state index in [1.165, 1.54) is 18.9 Å². The summed E-state index contributed by atoms with van der Waals surface area (Å²) in [6, 6.07) is 4.95. The number of nitrogens with one attached hydrogen (secondary N) is 2. The van der Waals surface area contributed by atoms with Crippen LogP contribution in [0.4, 0.5) is 4.39 Å². The van der Waals surface area contributed by atoms with E-state index in [9.17, 15) is 9.18 Å². The number of rotatable bonds is 5. The highest BCUT2D eigenvalue weighted by Gasteiger charge is 2.14. The van der Waals surface area contributed by atoms with Crippen LogP contribution in [0.25, 0.3) is 0 Å². The van der Waals surface area contributed by atoms with Crippen molar-refractivity contribution in [1.82, 2.24) is 10.6 Å². The lowest BCUT2D eigenvalue weighted by Crippen LogP contribution is -2.29. The van der Waals surface area contributed by atoms with Gasteiger partial charge in [0.15, 0.2) is 0 Å². The first kappa shape index (κ1) is 15.0. The number of carbonyl (C=O) groups excluding carboxylic acids is 1. The highest BCUT2D eigenvalue weighted by molar-refractivity contribution is 5.75. The topological polar surface area (TPSA) is 41.1 Å². The van der Waals surface area contributed by atoms with E-state index in [1.54, 1.807) is 19.1 Å². The van der Waals surface area contributed by atoms with Gasteiger partial charge in [-0.05, 0) is 62.4 Å². The van der Waals surface area contributed by atoms with Crippen molar-refractivity contribution in [2.45, 2.75) is 39.2 Å². The van der Waals surface area contributed by atoms with Gasteiger partial charge in [0, 0.05) is 13.0 Å². The second-order valence-corrected chi connectivity index (χ2v) is 5.59. The van der Waals surface area contributed by atoms with Gasteiger partial charge in [-0.3, -0.25) is 4.79 Å². The Hall–Kier alpha value is -1.42. The number of halogens is 1. The first-order chi connectivity index (χ1) is 9.65. The second-order valence-electron chi connectivity index (χ2n) is 5.59. The molecule has 1 heterocycles. The maximum absolute atomic E-state index is 13.1. The molecule has 4 heteroatoms. The molecule has 3 nitrogen and oxygen atoms in total. The monoisotopic (exact) mass is 278 g/mol. The van der Waals surface area contributed by atoms with Gasteiger partial charge in [0.1, 0.15) is 5.82 Å². The number of hydrogen-bond acceptors (Lipinski definition) is 2. The molecule has 1 fully saturated rings. The van der Waals surface area contributed by atoms with Gasteiger partial charge in [0.05, 0.1) is 0 Å². The summed E-state index contributed by atoms with van der Waals surface area (Å²) in [5, 5.41) is 6.24. The van der Waals surface area contributed by atoms with Crippen LogP contribution < -0.4 is 10.6 Å². The van der Waals surface area contributed by atoms with Crippen molar-refractivity contribution in [3.8, 4) is 0 Å². The van der Waals surface area contributed by atoms with Crippen molar-refractivity contribution in [2.75, 3.05) is 13.1 Å². The molecule has 0 radical (unpaired) electrons. The summed E-state index contributed by atoms with van der Waals surface area (Å²) in [4.78, 5) is 11.8. The molecule has 1 saturated heterocycles. The molecule has 0 atom stereocenters. The zero-order valence-corrected chi connectivity index (χ0v) is 12.0. The summed E-state index contributed by atoms with van der Waals surface area (Å²) >= 11 is 0. The number of carbonyl (C=O) groups is 1. The van der Waals surface area contributed by atoms with E-state index in [-0.39, 0.29) is 11.7 Å². The Balaban J connectivity index is 1.70. The van der Waals surface area contributed by atoms with Gasteiger partial charge in [-0.1, -0.05) is 12.1 Å². The standard InChI is InChI=1S/C16H23FN2O/c1-12-10-14(2-4-15(12)17)11-19-16(20)5-3-13-6-8-18-9-7-13/h2,4,10,13,18H,3,5-9,11H2,1H3,(H,19,20). The maximum Gasteiger partial charge on any atom is 0.220 e. The number of aryl methyl sites for hydroxylation is 1. The smallest absolute Gasteiger partial charge is 0.220 e. The Morgan fingerprint density at radius 1 is 1.40 bits per heavy atom. The quantitative estimate of drug-likeness (QED) is 0.869. The van der Waals surface area contributed by atoms with Gasteiger partial charge < -0.3 is 10.6 Å². The molecule has 1 aliphatic heterocycles. The maximum atomic E-state index is 13.1. The van der Waals surface area contributed by atoms with Gasteiger partial charge >= 0.3 is 0 Å². The predicted octanol–water partition coefficient (Wildman–Crippen LogP) is 2.53. The zero-order valence-electron chi connectivity index (χ0n) is 12.0. The molecule has 0 bridgehead atoms. The molecule has 1 aromatic rings. The van der Waals surface area contributed by atoms with Crippen LogP contribution in [-0.2, 0) is 11.3 Å². The summed E-state index contributed by atoms with van der Waals surface area (Å²) < 4.78 is 13.1.